The van der Waals surface area contributed by atoms with Crippen LogP contribution in [-0.4, -0.2) is 37.5 Å². The van der Waals surface area contributed by atoms with Gasteiger partial charge in [-0.05, 0) is 6.92 Å². The molecule has 0 atom stereocenters. The molecule has 0 radical (unpaired) electrons. The van der Waals surface area contributed by atoms with Crippen LogP contribution in [0.3, 0.4) is 0 Å². The van der Waals surface area contributed by atoms with Gasteiger partial charge in [0.25, 0.3) is 0 Å². The Labute approximate surface area is 69.5 Å². The van der Waals surface area contributed by atoms with Crippen LogP contribution in [0.4, 0.5) is 0 Å². The lowest BCUT2D eigenvalue weighted by Gasteiger charge is -2.13. The normalized spacial score (nSPS) is 15.3. The summed E-state index contributed by atoms with van der Waals surface area (Å²) in [5, 5.41) is 3.17. The fourth-order valence-electron chi connectivity index (χ4n) is 0.881. The Morgan fingerprint density at radius 2 is 2.18 bits per heavy atom. The maximum atomic E-state index is 4.24. The summed E-state index contributed by atoms with van der Waals surface area (Å²) in [5.41, 5.74) is 0. The minimum absolute atomic E-state index is 0.943. The molecule has 3 nitrogen and oxygen atoms in total. The molecule has 0 saturated heterocycles. The molecule has 11 heavy (non-hydrogen) atoms. The summed E-state index contributed by atoms with van der Waals surface area (Å²) in [5.74, 6) is 1.04. The number of likely N-dealkylation sites (N-methyl/N-ethyl adjacent to an activating group) is 1. The van der Waals surface area contributed by atoms with Crippen LogP contribution in [0.25, 0.3) is 0 Å². The van der Waals surface area contributed by atoms with E-state index in [4.69, 9.17) is 0 Å². The Balaban J connectivity index is 0.000000461. The van der Waals surface area contributed by atoms with Gasteiger partial charge in [0.1, 0.15) is 0 Å². The molecule has 66 valence electrons. The molecule has 0 aromatic carbocycles. The molecule has 1 aliphatic rings. The molecule has 1 heterocycles. The third-order valence-electron chi connectivity index (χ3n) is 1.39. The number of nitrogens with one attached hydrogen (secondary N) is 1. The van der Waals surface area contributed by atoms with Crippen LogP contribution in [0.1, 0.15) is 20.8 Å². The van der Waals surface area contributed by atoms with Crippen molar-refractivity contribution in [3.63, 3.8) is 0 Å². The minimum Gasteiger partial charge on any atom is -0.357 e. The van der Waals surface area contributed by atoms with Gasteiger partial charge in [-0.3, -0.25) is 4.99 Å². The zero-order valence-corrected chi connectivity index (χ0v) is 8.02. The quantitative estimate of drug-likeness (QED) is 0.613. The van der Waals surface area contributed by atoms with Gasteiger partial charge in [0.15, 0.2) is 5.96 Å². The predicted octanol–water partition coefficient (Wildman–Crippen LogP) is 0.923. The molecule has 0 spiro atoms. The summed E-state index contributed by atoms with van der Waals surface area (Å²) in [7, 11) is 2.05. The van der Waals surface area contributed by atoms with Gasteiger partial charge in [-0.2, -0.15) is 0 Å². The Bertz CT molecular complexity index is 121. The second-order valence-corrected chi connectivity index (χ2v) is 2.16. The van der Waals surface area contributed by atoms with Crippen molar-refractivity contribution in [3.8, 4) is 0 Å². The molecule has 1 N–H and O–H groups in total. The molecule has 0 fully saturated rings. The van der Waals surface area contributed by atoms with Gasteiger partial charge in [-0.15, -0.1) is 0 Å². The van der Waals surface area contributed by atoms with Gasteiger partial charge in [-0.25, -0.2) is 0 Å². The van der Waals surface area contributed by atoms with Crippen LogP contribution in [0.15, 0.2) is 4.99 Å². The first kappa shape index (κ1) is 10.3. The van der Waals surface area contributed by atoms with E-state index in [1.54, 1.807) is 0 Å². The van der Waals surface area contributed by atoms with Crippen molar-refractivity contribution < 1.29 is 0 Å². The lowest BCUT2D eigenvalue weighted by molar-refractivity contribution is 0.536. The number of nitrogens with zero attached hydrogens (tertiary/aromatic N) is 2. The van der Waals surface area contributed by atoms with Crippen molar-refractivity contribution >= 4 is 5.96 Å². The number of aliphatic imine (C=N–C) groups is 1. The molecule has 0 aromatic rings. The van der Waals surface area contributed by atoms with Crippen molar-refractivity contribution in [3.05, 3.63) is 0 Å². The first-order valence-corrected chi connectivity index (χ1v) is 4.34. The van der Waals surface area contributed by atoms with E-state index in [1.165, 1.54) is 0 Å². The fraction of sp³-hybridized carbons (Fsp3) is 0.875. The van der Waals surface area contributed by atoms with Crippen LogP contribution in [0.2, 0.25) is 0 Å². The molecule has 1 rings (SSSR count). The number of guanidine groups is 1. The highest BCUT2D eigenvalue weighted by Crippen LogP contribution is 1.93. The van der Waals surface area contributed by atoms with E-state index in [0.717, 1.165) is 25.6 Å². The van der Waals surface area contributed by atoms with E-state index >= 15 is 0 Å². The summed E-state index contributed by atoms with van der Waals surface area (Å²) in [6.07, 6.45) is 0. The SMILES string of the molecule is CC.CCNC1=NCCN1C. The van der Waals surface area contributed by atoms with Crippen molar-refractivity contribution in [2.45, 2.75) is 20.8 Å². The monoisotopic (exact) mass is 157 g/mol. The maximum absolute atomic E-state index is 4.24. The number of hydrogen-bond donors (Lipinski definition) is 1. The third-order valence-corrected chi connectivity index (χ3v) is 1.39. The van der Waals surface area contributed by atoms with Crippen LogP contribution >= 0.6 is 0 Å². The molecule has 0 saturated carbocycles. The largest absolute Gasteiger partial charge is 0.357 e. The maximum Gasteiger partial charge on any atom is 0.193 e. The van der Waals surface area contributed by atoms with Crippen LogP contribution in [-0.2, 0) is 0 Å². The molecular weight excluding hydrogens is 138 g/mol. The van der Waals surface area contributed by atoms with E-state index in [-0.39, 0.29) is 0 Å². The second kappa shape index (κ2) is 6.01. The van der Waals surface area contributed by atoms with Crippen LogP contribution < -0.4 is 5.32 Å². The van der Waals surface area contributed by atoms with E-state index in [9.17, 15) is 0 Å². The summed E-state index contributed by atoms with van der Waals surface area (Å²) in [6.45, 7) is 9.04. The van der Waals surface area contributed by atoms with Gasteiger partial charge in [-0.1, -0.05) is 13.8 Å². The molecule has 0 amide bonds. The van der Waals surface area contributed by atoms with E-state index in [2.05, 4.69) is 29.2 Å². The molecule has 0 aliphatic carbocycles. The van der Waals surface area contributed by atoms with Crippen LogP contribution in [0.5, 0.6) is 0 Å². The van der Waals surface area contributed by atoms with Crippen molar-refractivity contribution in [1.82, 2.24) is 10.2 Å². The molecule has 1 aliphatic heterocycles. The highest BCUT2D eigenvalue weighted by molar-refractivity contribution is 5.81. The second-order valence-electron chi connectivity index (χ2n) is 2.16. The fourth-order valence-corrected chi connectivity index (χ4v) is 0.881. The first-order valence-electron chi connectivity index (χ1n) is 4.34. The Hall–Kier alpha value is -0.730. The van der Waals surface area contributed by atoms with Crippen LogP contribution in [0, 0.1) is 0 Å². The zero-order valence-electron chi connectivity index (χ0n) is 8.02. The highest BCUT2D eigenvalue weighted by Gasteiger charge is 2.09. The molecular formula is C8H19N3. The molecule has 0 unspecified atom stereocenters. The van der Waals surface area contributed by atoms with Gasteiger partial charge in [0.2, 0.25) is 0 Å². The molecule has 0 aromatic heterocycles. The number of rotatable bonds is 1. The smallest absolute Gasteiger partial charge is 0.193 e. The average molecular weight is 157 g/mol. The van der Waals surface area contributed by atoms with Gasteiger partial charge in [0.05, 0.1) is 6.54 Å². The number of hydrogen-bond acceptors (Lipinski definition) is 3. The summed E-state index contributed by atoms with van der Waals surface area (Å²) in [4.78, 5) is 6.37. The minimum atomic E-state index is 0.943. The van der Waals surface area contributed by atoms with Crippen molar-refractivity contribution in [1.29, 1.82) is 0 Å². The molecule has 3 heteroatoms. The topological polar surface area (TPSA) is 27.6 Å². The van der Waals surface area contributed by atoms with E-state index in [0.29, 0.717) is 0 Å². The Kier molecular flexibility index (Phi) is 5.61. The predicted molar refractivity (Wildman–Crippen MR) is 50.0 cm³/mol. The van der Waals surface area contributed by atoms with Gasteiger partial charge in [0, 0.05) is 20.1 Å². The average Bonchev–Trinajstić information content (AvgIpc) is 2.42. The summed E-state index contributed by atoms with van der Waals surface area (Å²) >= 11 is 0. The Morgan fingerprint density at radius 1 is 1.55 bits per heavy atom. The lowest BCUT2D eigenvalue weighted by atomic mass is 10.6. The summed E-state index contributed by atoms with van der Waals surface area (Å²) < 4.78 is 0. The van der Waals surface area contributed by atoms with E-state index in [1.807, 2.05) is 13.8 Å². The lowest BCUT2D eigenvalue weighted by Crippen LogP contribution is -2.35. The van der Waals surface area contributed by atoms with Crippen molar-refractivity contribution in [2.75, 3.05) is 26.7 Å². The molecule has 0 bridgehead atoms. The van der Waals surface area contributed by atoms with E-state index < -0.39 is 0 Å². The Morgan fingerprint density at radius 3 is 2.55 bits per heavy atom. The zero-order chi connectivity index (χ0) is 8.69. The standard InChI is InChI=1S/C6H13N3.C2H6/c1-3-7-6-8-4-5-9(6)2;1-2/h3-5H2,1-2H3,(H,7,8);1-2H3. The third kappa shape index (κ3) is 3.25. The van der Waals surface area contributed by atoms with Gasteiger partial charge < -0.3 is 10.2 Å². The highest BCUT2D eigenvalue weighted by atomic mass is 15.3. The summed E-state index contributed by atoms with van der Waals surface area (Å²) in [6, 6.07) is 0. The first-order chi connectivity index (χ1) is 5.34. The van der Waals surface area contributed by atoms with Crippen molar-refractivity contribution in [2.24, 2.45) is 4.99 Å². The van der Waals surface area contributed by atoms with Gasteiger partial charge >= 0.3 is 0 Å².